The molecule has 0 spiro atoms. The minimum absolute atomic E-state index is 0.176. The first kappa shape index (κ1) is 37.9. The van der Waals surface area contributed by atoms with Crippen LogP contribution in [-0.2, 0) is 42.7 Å². The van der Waals surface area contributed by atoms with E-state index in [9.17, 15) is 25.9 Å². The Labute approximate surface area is 302 Å². The van der Waals surface area contributed by atoms with Crippen LogP contribution in [0.3, 0.4) is 0 Å². The van der Waals surface area contributed by atoms with Crippen molar-refractivity contribution in [3.63, 3.8) is 0 Å². The fraction of sp³-hybridized carbons (Fsp3) is 0.162. The van der Waals surface area contributed by atoms with Gasteiger partial charge in [0.25, 0.3) is 20.2 Å². The normalized spacial score (nSPS) is 13.0. The first-order valence-corrected chi connectivity index (χ1v) is 19.5. The summed E-state index contributed by atoms with van der Waals surface area (Å²) >= 11 is 0.889. The van der Waals surface area contributed by atoms with Crippen LogP contribution in [0, 0.1) is 0 Å². The van der Waals surface area contributed by atoms with Gasteiger partial charge >= 0.3 is 0 Å². The van der Waals surface area contributed by atoms with Crippen molar-refractivity contribution in [1.29, 1.82) is 0 Å². The van der Waals surface area contributed by atoms with E-state index in [4.69, 9.17) is 5.26 Å². The minimum Gasteiger partial charge on any atom is -0.367 e. The molecule has 266 valence electrons. The van der Waals surface area contributed by atoms with Crippen molar-refractivity contribution in [2.45, 2.75) is 41.6 Å². The van der Waals surface area contributed by atoms with Gasteiger partial charge in [-0.2, -0.15) is 16.8 Å². The largest absolute Gasteiger partial charge is 0.367 e. The predicted octanol–water partition coefficient (Wildman–Crippen LogP) is 7.24. The molecule has 1 aliphatic rings. The SMILES string of the molecule is CCN(Cc1cccc(SOOO)c1)c1ccc(C(=C2C=CC(=[N+](CC)Cc3cccc(S(=O)(=O)O)c3)C=C2)c2ccccc2S(=O)(=O)O)cc1. The molecule has 5 rings (SSSR count). The Balaban J connectivity index is 1.52. The molecule has 3 N–H and O–H groups in total. The highest BCUT2D eigenvalue weighted by Crippen LogP contribution is 2.35. The Hall–Kier alpha value is -4.38. The molecule has 0 saturated carbocycles. The lowest BCUT2D eigenvalue weighted by Crippen LogP contribution is -2.22. The molecule has 4 aromatic carbocycles. The first-order chi connectivity index (χ1) is 24.4. The van der Waals surface area contributed by atoms with E-state index in [1.807, 2.05) is 91.3 Å². The average molecular weight is 750 g/mol. The summed E-state index contributed by atoms with van der Waals surface area (Å²) in [6, 6.07) is 27.8. The fourth-order valence-corrected chi connectivity index (χ4v) is 7.51. The van der Waals surface area contributed by atoms with Gasteiger partial charge in [-0.1, -0.05) is 59.6 Å². The van der Waals surface area contributed by atoms with Crippen molar-refractivity contribution in [2.24, 2.45) is 0 Å². The molecule has 0 heterocycles. The third-order valence-corrected chi connectivity index (χ3v) is 10.6. The van der Waals surface area contributed by atoms with Crippen LogP contribution in [0.25, 0.3) is 5.57 Å². The molecule has 51 heavy (non-hydrogen) atoms. The molecule has 0 aromatic heterocycles. The third kappa shape index (κ3) is 9.70. The van der Waals surface area contributed by atoms with Crippen LogP contribution in [0.4, 0.5) is 5.69 Å². The summed E-state index contributed by atoms with van der Waals surface area (Å²) in [5.74, 6) is 0. The summed E-state index contributed by atoms with van der Waals surface area (Å²) in [5.41, 5.74) is 5.86. The average Bonchev–Trinajstić information content (AvgIpc) is 3.12. The Bertz CT molecular complexity index is 2210. The maximum atomic E-state index is 12.5. The second kappa shape index (κ2) is 16.8. The first-order valence-electron chi connectivity index (χ1n) is 15.9. The molecule has 0 fully saturated rings. The number of nitrogens with zero attached hydrogens (tertiary/aromatic N) is 2. The van der Waals surface area contributed by atoms with E-state index in [2.05, 4.69) is 14.3 Å². The van der Waals surface area contributed by atoms with Gasteiger partial charge in [-0.15, -0.1) is 4.33 Å². The quantitative estimate of drug-likeness (QED) is 0.0393. The fourth-order valence-electron chi connectivity index (χ4n) is 5.82. The maximum Gasteiger partial charge on any atom is 0.295 e. The molecule has 0 radical (unpaired) electrons. The van der Waals surface area contributed by atoms with Gasteiger partial charge in [-0.25, -0.2) is 9.83 Å². The summed E-state index contributed by atoms with van der Waals surface area (Å²) in [6.45, 7) is 6.28. The molecular weight excluding hydrogens is 713 g/mol. The molecule has 14 heteroatoms. The summed E-state index contributed by atoms with van der Waals surface area (Å²) < 4.78 is 74.7. The summed E-state index contributed by atoms with van der Waals surface area (Å²) in [4.78, 5) is 2.53. The van der Waals surface area contributed by atoms with Gasteiger partial charge < -0.3 is 4.90 Å². The van der Waals surface area contributed by atoms with E-state index in [1.54, 1.807) is 30.3 Å². The smallest absolute Gasteiger partial charge is 0.295 e. The topological polar surface area (TPSA) is 154 Å². The van der Waals surface area contributed by atoms with Gasteiger partial charge in [0.15, 0.2) is 12.3 Å². The zero-order chi connectivity index (χ0) is 36.6. The molecule has 0 atom stereocenters. The summed E-state index contributed by atoms with van der Waals surface area (Å²) in [6.07, 6.45) is 7.56. The van der Waals surface area contributed by atoms with Crippen LogP contribution in [0.1, 0.15) is 36.1 Å². The van der Waals surface area contributed by atoms with Crippen molar-refractivity contribution < 1.29 is 45.1 Å². The van der Waals surface area contributed by atoms with Crippen molar-refractivity contribution >= 4 is 49.3 Å². The van der Waals surface area contributed by atoms with E-state index < -0.39 is 20.2 Å². The van der Waals surface area contributed by atoms with Crippen LogP contribution in [0.5, 0.6) is 0 Å². The predicted molar refractivity (Wildman–Crippen MR) is 197 cm³/mol. The molecule has 0 amide bonds. The van der Waals surface area contributed by atoms with Gasteiger partial charge in [-0.3, -0.25) is 9.11 Å². The van der Waals surface area contributed by atoms with Gasteiger partial charge in [0.1, 0.15) is 11.4 Å². The molecule has 11 nitrogen and oxygen atoms in total. The molecule has 0 aliphatic heterocycles. The highest BCUT2D eigenvalue weighted by Gasteiger charge is 2.22. The van der Waals surface area contributed by atoms with E-state index in [0.717, 1.165) is 39.5 Å². The second-order valence-corrected chi connectivity index (χ2v) is 15.0. The standard InChI is InChI=1S/C37H36N2O9S3/c1-3-38(25-27-9-7-11-33(23-27)49-48-47-40)31-19-15-29(16-20-31)37(35-13-5-6-14-36(35)51(44,45)46)30-17-21-32(22-18-30)39(4-2)26-28-10-8-12-34(24-28)50(41,42)43/h5-24H,3-4,25-26H2,1-2H3,(H2-,40,41,42,43,44,45,46)/p+1. The van der Waals surface area contributed by atoms with E-state index in [-0.39, 0.29) is 9.79 Å². The lowest BCUT2D eigenvalue weighted by molar-refractivity contribution is -0.539. The van der Waals surface area contributed by atoms with Gasteiger partial charge in [0.2, 0.25) is 0 Å². The summed E-state index contributed by atoms with van der Waals surface area (Å²) in [5, 5.41) is 12.2. The second-order valence-electron chi connectivity index (χ2n) is 11.5. The molecule has 0 bridgehead atoms. The van der Waals surface area contributed by atoms with Gasteiger partial charge in [0.05, 0.1) is 16.9 Å². The van der Waals surface area contributed by atoms with E-state index in [0.29, 0.717) is 48.5 Å². The molecule has 0 saturated heterocycles. The Morgan fingerprint density at radius 3 is 2.12 bits per heavy atom. The molecule has 1 aliphatic carbocycles. The number of anilines is 1. The van der Waals surface area contributed by atoms with Crippen molar-refractivity contribution in [1.82, 2.24) is 0 Å². The minimum atomic E-state index is -4.57. The third-order valence-electron chi connectivity index (χ3n) is 8.24. The monoisotopic (exact) mass is 749 g/mol. The number of hydrogen-bond donors (Lipinski definition) is 3. The highest BCUT2D eigenvalue weighted by atomic mass is 32.2. The number of hydrogen-bond acceptors (Lipinski definition) is 9. The lowest BCUT2D eigenvalue weighted by atomic mass is 9.90. The Morgan fingerprint density at radius 1 is 0.784 bits per heavy atom. The highest BCUT2D eigenvalue weighted by molar-refractivity contribution is 7.94. The summed E-state index contributed by atoms with van der Waals surface area (Å²) in [7, 11) is -8.91. The molecule has 0 unspecified atom stereocenters. The van der Waals surface area contributed by atoms with Crippen molar-refractivity contribution in [3.8, 4) is 0 Å². The molecular formula is C37H37N2O9S3+. The van der Waals surface area contributed by atoms with Crippen LogP contribution >= 0.6 is 12.0 Å². The van der Waals surface area contributed by atoms with Gasteiger partial charge in [0, 0.05) is 47.0 Å². The van der Waals surface area contributed by atoms with Crippen molar-refractivity contribution in [2.75, 3.05) is 18.0 Å². The zero-order valence-corrected chi connectivity index (χ0v) is 30.2. The van der Waals surface area contributed by atoms with Crippen LogP contribution in [0.2, 0.25) is 0 Å². The number of rotatable bonds is 14. The van der Waals surface area contributed by atoms with Crippen molar-refractivity contribution in [3.05, 3.63) is 149 Å². The lowest BCUT2D eigenvalue weighted by Gasteiger charge is -2.24. The number of benzene rings is 4. The Morgan fingerprint density at radius 2 is 1.47 bits per heavy atom. The van der Waals surface area contributed by atoms with E-state index >= 15 is 0 Å². The molecule has 4 aromatic rings. The van der Waals surface area contributed by atoms with Crippen LogP contribution in [0.15, 0.2) is 142 Å². The zero-order valence-electron chi connectivity index (χ0n) is 27.8. The maximum absolute atomic E-state index is 12.5. The van der Waals surface area contributed by atoms with E-state index in [1.165, 1.54) is 18.2 Å². The van der Waals surface area contributed by atoms with Crippen LogP contribution in [-0.4, -0.2) is 54.6 Å². The van der Waals surface area contributed by atoms with Gasteiger partial charge in [-0.05, 0) is 90.7 Å². The number of allylic oxidation sites excluding steroid dienone is 5. The Kier molecular flexibility index (Phi) is 12.4. The van der Waals surface area contributed by atoms with Crippen LogP contribution < -0.4 is 4.90 Å².